The summed E-state index contributed by atoms with van der Waals surface area (Å²) in [5, 5.41) is 22.1. The normalized spacial score (nSPS) is 19.7. The predicted octanol–water partition coefficient (Wildman–Crippen LogP) is 2.49. The lowest BCUT2D eigenvalue weighted by Crippen LogP contribution is -2.49. The molecule has 0 radical (unpaired) electrons. The third kappa shape index (κ3) is 2.01. The van der Waals surface area contributed by atoms with Crippen LogP contribution in [0.2, 0.25) is 0 Å². The lowest BCUT2D eigenvalue weighted by atomic mass is 9.80. The number of hydrogen-bond acceptors (Lipinski definition) is 5. The monoisotopic (exact) mass is 393 g/mol. The van der Waals surface area contributed by atoms with Crippen LogP contribution in [-0.4, -0.2) is 30.3 Å². The van der Waals surface area contributed by atoms with Crippen molar-refractivity contribution < 1.29 is 13.9 Å². The molecule has 0 aliphatic carbocycles. The van der Waals surface area contributed by atoms with Gasteiger partial charge in [-0.3, -0.25) is 4.98 Å². The zero-order chi connectivity index (χ0) is 16.9. The second kappa shape index (κ2) is 5.12. The predicted molar refractivity (Wildman–Crippen MR) is 83.0 cm³/mol. The quantitative estimate of drug-likeness (QED) is 0.723. The maximum Gasteiger partial charge on any atom is 0.323 e. The first kappa shape index (κ1) is 15.3. The van der Waals surface area contributed by atoms with Crippen LogP contribution in [0.3, 0.4) is 0 Å². The van der Waals surface area contributed by atoms with Crippen molar-refractivity contribution in [3.05, 3.63) is 58.3 Å². The Morgan fingerprint density at radius 1 is 1.21 bits per heavy atom. The highest BCUT2D eigenvalue weighted by Gasteiger charge is 2.59. The van der Waals surface area contributed by atoms with Crippen LogP contribution in [0, 0.1) is 0 Å². The lowest BCUT2D eigenvalue weighted by molar-refractivity contribution is -0.207. The van der Waals surface area contributed by atoms with Crippen molar-refractivity contribution in [2.75, 3.05) is 0 Å². The summed E-state index contributed by atoms with van der Waals surface area (Å²) in [6.07, 6.45) is 1.27. The highest BCUT2D eigenvalue weighted by atomic mass is 79.9. The number of hydrogen-bond donors (Lipinski definition) is 1. The molecule has 4 rings (SSSR count). The molecule has 1 aliphatic rings. The number of pyridine rings is 1. The van der Waals surface area contributed by atoms with Gasteiger partial charge in [-0.05, 0) is 38.5 Å². The van der Waals surface area contributed by atoms with E-state index in [4.69, 9.17) is 0 Å². The average molecular weight is 394 g/mol. The van der Waals surface area contributed by atoms with Gasteiger partial charge in [0, 0.05) is 21.8 Å². The molecule has 0 spiro atoms. The highest BCUT2D eigenvalue weighted by Crippen LogP contribution is 2.50. The Labute approximate surface area is 143 Å². The second-order valence-electron chi connectivity index (χ2n) is 5.50. The Hall–Kier alpha value is -2.26. The molecule has 0 saturated carbocycles. The molecule has 1 aliphatic heterocycles. The number of alkyl halides is 2. The van der Waals surface area contributed by atoms with E-state index >= 15 is 8.78 Å². The molecule has 1 unspecified atom stereocenters. The first-order chi connectivity index (χ1) is 11.4. The minimum atomic E-state index is -3.65. The molecule has 1 aromatic carbocycles. The standard InChI is InChI=1S/C15H10BrF2N5O/c16-9-5-6-12(19-7-9)15(17,18)14(24)8-23-13(20-21-22-23)10-3-1-2-4-11(10)14/h1-7,24H,8H2. The van der Waals surface area contributed by atoms with Crippen LogP contribution >= 0.6 is 15.9 Å². The van der Waals surface area contributed by atoms with E-state index < -0.39 is 23.8 Å². The number of tetrazole rings is 1. The van der Waals surface area contributed by atoms with Gasteiger partial charge in [0.05, 0.1) is 6.54 Å². The largest absolute Gasteiger partial charge is 0.377 e. The molecule has 3 aromatic rings. The van der Waals surface area contributed by atoms with Crippen LogP contribution in [0.5, 0.6) is 0 Å². The van der Waals surface area contributed by atoms with Crippen molar-refractivity contribution in [3.63, 3.8) is 0 Å². The summed E-state index contributed by atoms with van der Waals surface area (Å²) >= 11 is 3.16. The van der Waals surface area contributed by atoms with E-state index in [0.717, 1.165) is 0 Å². The maximum atomic E-state index is 15.2. The molecule has 122 valence electrons. The van der Waals surface area contributed by atoms with Gasteiger partial charge in [-0.2, -0.15) is 8.78 Å². The van der Waals surface area contributed by atoms with Crippen molar-refractivity contribution >= 4 is 15.9 Å². The molecule has 0 saturated heterocycles. The van der Waals surface area contributed by atoms with E-state index in [1.807, 2.05) is 0 Å². The number of rotatable bonds is 2. The number of nitrogens with zero attached hydrogens (tertiary/aromatic N) is 5. The first-order valence-electron chi connectivity index (χ1n) is 7.02. The van der Waals surface area contributed by atoms with Gasteiger partial charge in [0.1, 0.15) is 5.69 Å². The molecule has 1 N–H and O–H groups in total. The van der Waals surface area contributed by atoms with Crippen LogP contribution in [0.15, 0.2) is 47.1 Å². The smallest absolute Gasteiger partial charge is 0.323 e. The van der Waals surface area contributed by atoms with E-state index in [2.05, 4.69) is 36.4 Å². The lowest BCUT2D eigenvalue weighted by Gasteiger charge is -2.39. The topological polar surface area (TPSA) is 76.7 Å². The Morgan fingerprint density at radius 3 is 2.75 bits per heavy atom. The summed E-state index contributed by atoms with van der Waals surface area (Å²) < 4.78 is 32.2. The fraction of sp³-hybridized carbons (Fsp3) is 0.200. The summed E-state index contributed by atoms with van der Waals surface area (Å²) in [5.74, 6) is -3.30. The molecule has 6 nitrogen and oxygen atoms in total. The Balaban J connectivity index is 1.92. The summed E-state index contributed by atoms with van der Waals surface area (Å²) in [5.41, 5.74) is -2.61. The summed E-state index contributed by atoms with van der Waals surface area (Å²) in [7, 11) is 0. The molecule has 2 aromatic heterocycles. The van der Waals surface area contributed by atoms with Crippen LogP contribution in [0.4, 0.5) is 8.78 Å². The van der Waals surface area contributed by atoms with Crippen molar-refractivity contribution in [1.82, 2.24) is 25.2 Å². The van der Waals surface area contributed by atoms with E-state index in [-0.39, 0.29) is 5.56 Å². The first-order valence-corrected chi connectivity index (χ1v) is 7.81. The van der Waals surface area contributed by atoms with Crippen LogP contribution in [0.25, 0.3) is 11.4 Å². The van der Waals surface area contributed by atoms with E-state index in [1.54, 1.807) is 18.2 Å². The van der Waals surface area contributed by atoms with E-state index in [1.165, 1.54) is 29.1 Å². The van der Waals surface area contributed by atoms with Gasteiger partial charge in [0.2, 0.25) is 0 Å². The second-order valence-corrected chi connectivity index (χ2v) is 6.42. The van der Waals surface area contributed by atoms with Gasteiger partial charge in [0.15, 0.2) is 11.4 Å². The molecular weight excluding hydrogens is 384 g/mol. The molecule has 0 amide bonds. The van der Waals surface area contributed by atoms with Crippen LogP contribution in [0.1, 0.15) is 11.3 Å². The van der Waals surface area contributed by atoms with Gasteiger partial charge in [-0.15, -0.1) is 5.10 Å². The van der Waals surface area contributed by atoms with Crippen LogP contribution in [-0.2, 0) is 18.1 Å². The van der Waals surface area contributed by atoms with Gasteiger partial charge in [-0.25, -0.2) is 4.68 Å². The zero-order valence-electron chi connectivity index (χ0n) is 12.1. The molecule has 9 heteroatoms. The Bertz CT molecular complexity index is 914. The number of aromatic nitrogens is 5. The van der Waals surface area contributed by atoms with Gasteiger partial charge < -0.3 is 5.11 Å². The third-order valence-corrected chi connectivity index (χ3v) is 4.56. The summed E-state index contributed by atoms with van der Waals surface area (Å²) in [6.45, 7) is -0.475. The van der Waals surface area contributed by atoms with Crippen molar-refractivity contribution in [2.45, 2.75) is 18.1 Å². The van der Waals surface area contributed by atoms with E-state index in [9.17, 15) is 5.11 Å². The van der Waals surface area contributed by atoms with Crippen LogP contribution < -0.4 is 0 Å². The molecular formula is C15H10BrF2N5O. The van der Waals surface area contributed by atoms with E-state index in [0.29, 0.717) is 15.9 Å². The number of fused-ring (bicyclic) bond motifs is 3. The molecule has 24 heavy (non-hydrogen) atoms. The highest BCUT2D eigenvalue weighted by molar-refractivity contribution is 9.10. The van der Waals surface area contributed by atoms with Crippen molar-refractivity contribution in [1.29, 1.82) is 0 Å². The molecule has 3 heterocycles. The SMILES string of the molecule is OC1(C(F)(F)c2ccc(Br)cn2)Cn2nnnc2-c2ccccc21. The fourth-order valence-electron chi connectivity index (χ4n) is 2.89. The Kier molecular flexibility index (Phi) is 3.26. The number of halogens is 3. The van der Waals surface area contributed by atoms with Gasteiger partial charge >= 0.3 is 5.92 Å². The zero-order valence-corrected chi connectivity index (χ0v) is 13.7. The van der Waals surface area contributed by atoms with Crippen molar-refractivity contribution in [2.24, 2.45) is 0 Å². The van der Waals surface area contributed by atoms with Crippen molar-refractivity contribution in [3.8, 4) is 11.4 Å². The maximum absolute atomic E-state index is 15.2. The Morgan fingerprint density at radius 2 is 2.00 bits per heavy atom. The molecule has 0 bridgehead atoms. The number of aliphatic hydroxyl groups is 1. The number of benzene rings is 1. The fourth-order valence-corrected chi connectivity index (χ4v) is 3.12. The average Bonchev–Trinajstić information content (AvgIpc) is 3.03. The minimum absolute atomic E-state index is 0.0713. The van der Waals surface area contributed by atoms with Gasteiger partial charge in [-0.1, -0.05) is 24.3 Å². The summed E-state index contributed by atoms with van der Waals surface area (Å²) in [4.78, 5) is 3.77. The minimum Gasteiger partial charge on any atom is -0.377 e. The summed E-state index contributed by atoms with van der Waals surface area (Å²) in [6, 6.07) is 8.97. The molecule has 0 fully saturated rings. The third-order valence-electron chi connectivity index (χ3n) is 4.09. The molecule has 1 atom stereocenters. The van der Waals surface area contributed by atoms with Gasteiger partial charge in [0.25, 0.3) is 0 Å².